The fourth-order valence-corrected chi connectivity index (χ4v) is 3.33. The Kier molecular flexibility index (Phi) is 5.46. The lowest BCUT2D eigenvalue weighted by atomic mass is 10.0. The third-order valence-electron chi connectivity index (χ3n) is 4.93. The average Bonchev–Trinajstić information content (AvgIpc) is 2.82. The van der Waals surface area contributed by atoms with Gasteiger partial charge in [-0.15, -0.1) is 0 Å². The lowest BCUT2D eigenvalue weighted by Crippen LogP contribution is -2.46. The predicted molar refractivity (Wildman–Crippen MR) is 78.0 cm³/mol. The van der Waals surface area contributed by atoms with Crippen LogP contribution in [0.25, 0.3) is 0 Å². The quantitative estimate of drug-likeness (QED) is 0.806. The molecule has 0 spiro atoms. The minimum absolute atomic E-state index is 0.773. The maximum atomic E-state index is 3.81. The third kappa shape index (κ3) is 3.94. The topological polar surface area (TPSA) is 18.5 Å². The summed E-state index contributed by atoms with van der Waals surface area (Å²) in [6, 6.07) is 1.55. The number of piperidine rings is 1. The predicted octanol–water partition coefficient (Wildman–Crippen LogP) is 1.79. The lowest BCUT2D eigenvalue weighted by Gasteiger charge is -2.36. The first-order valence-electron chi connectivity index (χ1n) is 7.85. The molecule has 3 nitrogen and oxygen atoms in total. The molecule has 18 heavy (non-hydrogen) atoms. The summed E-state index contributed by atoms with van der Waals surface area (Å²) in [6.07, 6.45) is 5.35. The molecule has 1 N–H and O–H groups in total. The zero-order valence-corrected chi connectivity index (χ0v) is 12.5. The number of nitrogens with zero attached hydrogens (tertiary/aromatic N) is 2. The van der Waals surface area contributed by atoms with E-state index in [4.69, 9.17) is 0 Å². The number of hydrogen-bond acceptors (Lipinski definition) is 3. The van der Waals surface area contributed by atoms with Crippen LogP contribution < -0.4 is 5.32 Å². The van der Waals surface area contributed by atoms with Crippen molar-refractivity contribution in [2.75, 3.05) is 39.8 Å². The monoisotopic (exact) mass is 253 g/mol. The van der Waals surface area contributed by atoms with E-state index in [9.17, 15) is 0 Å². The summed E-state index contributed by atoms with van der Waals surface area (Å²) in [5.74, 6) is 0.891. The summed E-state index contributed by atoms with van der Waals surface area (Å²) in [5.41, 5.74) is 0. The van der Waals surface area contributed by atoms with Crippen molar-refractivity contribution in [3.05, 3.63) is 0 Å². The third-order valence-corrected chi connectivity index (χ3v) is 4.93. The van der Waals surface area contributed by atoms with E-state index in [1.165, 1.54) is 58.4 Å². The Morgan fingerprint density at radius 1 is 1.17 bits per heavy atom. The van der Waals surface area contributed by atoms with Gasteiger partial charge in [0.05, 0.1) is 0 Å². The van der Waals surface area contributed by atoms with Crippen LogP contribution in [0.1, 0.15) is 39.5 Å². The molecule has 2 aliphatic heterocycles. The molecule has 0 bridgehead atoms. The van der Waals surface area contributed by atoms with Crippen LogP contribution in [-0.4, -0.2) is 61.7 Å². The van der Waals surface area contributed by atoms with Crippen molar-refractivity contribution >= 4 is 0 Å². The van der Waals surface area contributed by atoms with Gasteiger partial charge < -0.3 is 15.1 Å². The van der Waals surface area contributed by atoms with Crippen LogP contribution in [-0.2, 0) is 0 Å². The molecule has 3 heteroatoms. The molecule has 0 saturated carbocycles. The molecule has 2 fully saturated rings. The largest absolute Gasteiger partial charge is 0.314 e. The molecule has 106 valence electrons. The zero-order valence-electron chi connectivity index (χ0n) is 12.5. The van der Waals surface area contributed by atoms with Crippen molar-refractivity contribution in [2.24, 2.45) is 5.92 Å². The molecule has 2 aliphatic rings. The summed E-state index contributed by atoms with van der Waals surface area (Å²) in [7, 11) is 2.24. The molecule has 0 aromatic heterocycles. The highest BCUT2D eigenvalue weighted by Gasteiger charge is 2.24. The van der Waals surface area contributed by atoms with Crippen molar-refractivity contribution in [3.8, 4) is 0 Å². The van der Waals surface area contributed by atoms with Crippen molar-refractivity contribution in [1.29, 1.82) is 0 Å². The highest BCUT2D eigenvalue weighted by molar-refractivity contribution is 4.82. The number of likely N-dealkylation sites (tertiary alicyclic amines) is 2. The Labute approximate surface area is 113 Å². The number of hydrogen-bond donors (Lipinski definition) is 1. The SMILES string of the molecule is CCC(C)N1CCC(NCC2CCN(C)C2)CC1. The van der Waals surface area contributed by atoms with Crippen molar-refractivity contribution in [1.82, 2.24) is 15.1 Å². The first-order valence-corrected chi connectivity index (χ1v) is 7.85. The highest BCUT2D eigenvalue weighted by Crippen LogP contribution is 2.17. The van der Waals surface area contributed by atoms with Gasteiger partial charge in [0.25, 0.3) is 0 Å². The Hall–Kier alpha value is -0.120. The molecule has 0 radical (unpaired) electrons. The Balaban J connectivity index is 1.61. The second kappa shape index (κ2) is 6.88. The Morgan fingerprint density at radius 3 is 2.44 bits per heavy atom. The summed E-state index contributed by atoms with van der Waals surface area (Å²) >= 11 is 0. The van der Waals surface area contributed by atoms with Gasteiger partial charge >= 0.3 is 0 Å². The zero-order chi connectivity index (χ0) is 13.0. The highest BCUT2D eigenvalue weighted by atomic mass is 15.2. The average molecular weight is 253 g/mol. The summed E-state index contributed by atoms with van der Waals surface area (Å²) in [4.78, 5) is 5.11. The van der Waals surface area contributed by atoms with Crippen molar-refractivity contribution < 1.29 is 0 Å². The van der Waals surface area contributed by atoms with E-state index >= 15 is 0 Å². The minimum atomic E-state index is 0.773. The molecule has 0 aliphatic carbocycles. The van der Waals surface area contributed by atoms with E-state index in [2.05, 4.69) is 36.0 Å². The maximum Gasteiger partial charge on any atom is 0.00915 e. The van der Waals surface area contributed by atoms with Crippen LogP contribution in [0.5, 0.6) is 0 Å². The van der Waals surface area contributed by atoms with Gasteiger partial charge in [-0.05, 0) is 71.8 Å². The molecule has 0 aromatic rings. The van der Waals surface area contributed by atoms with E-state index in [0.29, 0.717) is 0 Å². The molecule has 2 atom stereocenters. The molecular formula is C15H31N3. The fraction of sp³-hybridized carbons (Fsp3) is 1.00. The van der Waals surface area contributed by atoms with Crippen LogP contribution in [0, 0.1) is 5.92 Å². The Bertz CT molecular complexity index is 236. The standard InChI is InChI=1S/C15H31N3/c1-4-13(2)18-9-6-15(7-10-18)16-11-14-5-8-17(3)12-14/h13-16H,4-12H2,1-3H3. The fourth-order valence-electron chi connectivity index (χ4n) is 3.33. The molecular weight excluding hydrogens is 222 g/mol. The maximum absolute atomic E-state index is 3.81. The van der Waals surface area contributed by atoms with E-state index in [1.807, 2.05) is 0 Å². The summed E-state index contributed by atoms with van der Waals surface area (Å²) in [6.45, 7) is 11.1. The van der Waals surface area contributed by atoms with Gasteiger partial charge in [-0.25, -0.2) is 0 Å². The van der Waals surface area contributed by atoms with Gasteiger partial charge in [-0.3, -0.25) is 0 Å². The van der Waals surface area contributed by atoms with Gasteiger partial charge in [0.1, 0.15) is 0 Å². The van der Waals surface area contributed by atoms with Crippen LogP contribution in [0.2, 0.25) is 0 Å². The second-order valence-electron chi connectivity index (χ2n) is 6.39. The summed E-state index contributed by atoms with van der Waals surface area (Å²) in [5, 5.41) is 3.81. The van der Waals surface area contributed by atoms with Crippen molar-refractivity contribution in [2.45, 2.75) is 51.6 Å². The molecule has 2 rings (SSSR count). The smallest absolute Gasteiger partial charge is 0.00915 e. The van der Waals surface area contributed by atoms with Crippen LogP contribution >= 0.6 is 0 Å². The molecule has 2 unspecified atom stereocenters. The minimum Gasteiger partial charge on any atom is -0.314 e. The molecule has 0 amide bonds. The van der Waals surface area contributed by atoms with Crippen molar-refractivity contribution in [3.63, 3.8) is 0 Å². The van der Waals surface area contributed by atoms with Gasteiger partial charge in [-0.1, -0.05) is 6.92 Å². The van der Waals surface area contributed by atoms with Gasteiger partial charge in [0.15, 0.2) is 0 Å². The van der Waals surface area contributed by atoms with E-state index < -0.39 is 0 Å². The van der Waals surface area contributed by atoms with Crippen LogP contribution in [0.15, 0.2) is 0 Å². The first kappa shape index (κ1) is 14.3. The first-order chi connectivity index (χ1) is 8.69. The van der Waals surface area contributed by atoms with E-state index in [-0.39, 0.29) is 0 Å². The molecule has 2 heterocycles. The van der Waals surface area contributed by atoms with Gasteiger partial charge in [-0.2, -0.15) is 0 Å². The molecule has 0 aromatic carbocycles. The van der Waals surface area contributed by atoms with E-state index in [0.717, 1.165) is 18.0 Å². The number of rotatable bonds is 5. The molecule has 2 saturated heterocycles. The van der Waals surface area contributed by atoms with Gasteiger partial charge in [0, 0.05) is 18.6 Å². The number of nitrogens with one attached hydrogen (secondary N) is 1. The van der Waals surface area contributed by atoms with Crippen LogP contribution in [0.4, 0.5) is 0 Å². The normalized spacial score (nSPS) is 29.8. The second-order valence-corrected chi connectivity index (χ2v) is 6.39. The van der Waals surface area contributed by atoms with Gasteiger partial charge in [0.2, 0.25) is 0 Å². The van der Waals surface area contributed by atoms with Crippen LogP contribution in [0.3, 0.4) is 0 Å². The Morgan fingerprint density at radius 2 is 1.89 bits per heavy atom. The lowest BCUT2D eigenvalue weighted by molar-refractivity contribution is 0.147. The summed E-state index contributed by atoms with van der Waals surface area (Å²) < 4.78 is 0. The van der Waals surface area contributed by atoms with E-state index in [1.54, 1.807) is 0 Å².